The summed E-state index contributed by atoms with van der Waals surface area (Å²) in [5, 5.41) is 11.8. The first kappa shape index (κ1) is 14.9. The van der Waals surface area contributed by atoms with Crippen LogP contribution in [0.5, 0.6) is 0 Å². The van der Waals surface area contributed by atoms with Crippen molar-refractivity contribution >= 4 is 17.2 Å². The van der Waals surface area contributed by atoms with E-state index in [2.05, 4.69) is 10.3 Å². The van der Waals surface area contributed by atoms with Gasteiger partial charge in [0.2, 0.25) is 0 Å². The highest BCUT2D eigenvalue weighted by Crippen LogP contribution is 2.11. The normalized spacial score (nSPS) is 10.7. The van der Waals surface area contributed by atoms with Crippen LogP contribution in [0.1, 0.15) is 21.5 Å². The molecule has 0 bridgehead atoms. The first-order chi connectivity index (χ1) is 11.1. The van der Waals surface area contributed by atoms with E-state index in [0.717, 1.165) is 5.56 Å². The Bertz CT molecular complexity index is 947. The third-order valence-corrected chi connectivity index (χ3v) is 3.46. The lowest BCUT2D eigenvalue weighted by molar-refractivity contribution is 0.102. The highest BCUT2D eigenvalue weighted by atomic mass is 16.3. The van der Waals surface area contributed by atoms with E-state index in [1.165, 1.54) is 10.6 Å². The van der Waals surface area contributed by atoms with Crippen LogP contribution >= 0.6 is 0 Å². The second-order valence-electron chi connectivity index (χ2n) is 5.22. The number of anilines is 1. The number of amides is 1. The average molecular weight is 309 g/mol. The predicted molar refractivity (Wildman–Crippen MR) is 86.5 cm³/mol. The van der Waals surface area contributed by atoms with Gasteiger partial charge >= 0.3 is 0 Å². The van der Waals surface area contributed by atoms with Gasteiger partial charge in [0.1, 0.15) is 11.2 Å². The van der Waals surface area contributed by atoms with Gasteiger partial charge in [-0.1, -0.05) is 18.2 Å². The van der Waals surface area contributed by atoms with Gasteiger partial charge in [-0.15, -0.1) is 0 Å². The number of rotatable bonds is 3. The Morgan fingerprint density at radius 1 is 1.30 bits per heavy atom. The smallest absolute Gasteiger partial charge is 0.270 e. The van der Waals surface area contributed by atoms with Crippen LogP contribution in [-0.2, 0) is 6.61 Å². The number of nitrogens with zero attached hydrogens (tertiary/aromatic N) is 2. The lowest BCUT2D eigenvalue weighted by Gasteiger charge is -2.07. The summed E-state index contributed by atoms with van der Waals surface area (Å²) in [5.74, 6) is -0.534. The highest BCUT2D eigenvalue weighted by molar-refractivity contribution is 6.03. The number of carbonyl (C=O) groups is 1. The molecule has 3 rings (SSSR count). The number of aliphatic hydroxyl groups is 1. The van der Waals surface area contributed by atoms with Crippen LogP contribution in [0.4, 0.5) is 5.69 Å². The Kier molecular flexibility index (Phi) is 3.91. The Balaban J connectivity index is 1.97. The van der Waals surface area contributed by atoms with Crippen LogP contribution in [0.3, 0.4) is 0 Å². The zero-order valence-electron chi connectivity index (χ0n) is 12.5. The van der Waals surface area contributed by atoms with Gasteiger partial charge in [0.05, 0.1) is 6.61 Å². The molecule has 23 heavy (non-hydrogen) atoms. The molecule has 0 saturated carbocycles. The van der Waals surface area contributed by atoms with Crippen molar-refractivity contribution in [3.05, 3.63) is 75.8 Å². The molecule has 3 aromatic rings. The third-order valence-electron chi connectivity index (χ3n) is 3.46. The number of fused-ring (bicyclic) bond motifs is 1. The Morgan fingerprint density at radius 3 is 2.91 bits per heavy atom. The fourth-order valence-corrected chi connectivity index (χ4v) is 2.28. The molecule has 0 atom stereocenters. The SMILES string of the molecule is Cc1ccc2ncc(C(=O)Nc3cccc(CO)c3)c(=O)n2c1. The van der Waals surface area contributed by atoms with Crippen molar-refractivity contribution in [3.8, 4) is 0 Å². The molecule has 2 aromatic heterocycles. The third kappa shape index (κ3) is 2.97. The maximum atomic E-state index is 12.5. The fourth-order valence-electron chi connectivity index (χ4n) is 2.28. The minimum absolute atomic E-state index is 0.0394. The molecular formula is C17H15N3O3. The van der Waals surface area contributed by atoms with Crippen molar-refractivity contribution in [1.29, 1.82) is 0 Å². The van der Waals surface area contributed by atoms with Crippen molar-refractivity contribution < 1.29 is 9.90 Å². The van der Waals surface area contributed by atoms with Gasteiger partial charge in [0.25, 0.3) is 11.5 Å². The minimum atomic E-state index is -0.534. The molecule has 6 heteroatoms. The summed E-state index contributed by atoms with van der Waals surface area (Å²) < 4.78 is 1.36. The lowest BCUT2D eigenvalue weighted by atomic mass is 10.2. The van der Waals surface area contributed by atoms with Gasteiger partial charge in [-0.05, 0) is 36.2 Å². The van der Waals surface area contributed by atoms with Crippen LogP contribution in [-0.4, -0.2) is 20.4 Å². The van der Waals surface area contributed by atoms with E-state index in [-0.39, 0.29) is 12.2 Å². The number of benzene rings is 1. The monoisotopic (exact) mass is 309 g/mol. The molecule has 0 saturated heterocycles. The molecule has 0 radical (unpaired) electrons. The van der Waals surface area contributed by atoms with Crippen molar-refractivity contribution in [1.82, 2.24) is 9.38 Å². The maximum absolute atomic E-state index is 12.5. The van der Waals surface area contributed by atoms with Crippen LogP contribution in [0.2, 0.25) is 0 Å². The van der Waals surface area contributed by atoms with Crippen molar-refractivity contribution in [2.45, 2.75) is 13.5 Å². The minimum Gasteiger partial charge on any atom is -0.392 e. The molecule has 1 aromatic carbocycles. The second-order valence-corrected chi connectivity index (χ2v) is 5.22. The summed E-state index contributed by atoms with van der Waals surface area (Å²) in [6.07, 6.45) is 2.92. The van der Waals surface area contributed by atoms with E-state index in [0.29, 0.717) is 16.9 Å². The van der Waals surface area contributed by atoms with Gasteiger partial charge in [0.15, 0.2) is 0 Å². The van der Waals surface area contributed by atoms with Crippen molar-refractivity contribution in [2.24, 2.45) is 0 Å². The van der Waals surface area contributed by atoms with E-state index in [1.807, 2.05) is 13.0 Å². The molecule has 0 unspecified atom stereocenters. The number of aromatic nitrogens is 2. The fraction of sp³-hybridized carbons (Fsp3) is 0.118. The molecular weight excluding hydrogens is 294 g/mol. The molecule has 0 aliphatic heterocycles. The summed E-state index contributed by atoms with van der Waals surface area (Å²) in [4.78, 5) is 28.9. The molecule has 2 N–H and O–H groups in total. The first-order valence-corrected chi connectivity index (χ1v) is 7.07. The zero-order chi connectivity index (χ0) is 16.4. The molecule has 2 heterocycles. The molecule has 0 spiro atoms. The number of hydrogen-bond acceptors (Lipinski definition) is 4. The number of pyridine rings is 1. The summed E-state index contributed by atoms with van der Waals surface area (Å²) in [5.41, 5.74) is 2.10. The number of carbonyl (C=O) groups excluding carboxylic acids is 1. The standard InChI is InChI=1S/C17H15N3O3/c1-11-5-6-15-18-8-14(17(23)20(15)9-11)16(22)19-13-4-2-3-12(7-13)10-21/h2-9,21H,10H2,1H3,(H,19,22). The number of aliphatic hydroxyl groups excluding tert-OH is 1. The second kappa shape index (κ2) is 6.02. The van der Waals surface area contributed by atoms with Crippen LogP contribution < -0.4 is 10.9 Å². The summed E-state index contributed by atoms with van der Waals surface area (Å²) in [7, 11) is 0. The first-order valence-electron chi connectivity index (χ1n) is 7.07. The van der Waals surface area contributed by atoms with Crippen molar-refractivity contribution in [2.75, 3.05) is 5.32 Å². The van der Waals surface area contributed by atoms with Gasteiger partial charge in [0, 0.05) is 18.1 Å². The lowest BCUT2D eigenvalue weighted by Crippen LogP contribution is -2.26. The van der Waals surface area contributed by atoms with Crippen LogP contribution in [0.25, 0.3) is 5.65 Å². The zero-order valence-corrected chi connectivity index (χ0v) is 12.5. The number of hydrogen-bond donors (Lipinski definition) is 2. The molecule has 0 fully saturated rings. The van der Waals surface area contributed by atoms with Gasteiger partial charge < -0.3 is 10.4 Å². The Labute approximate surface area is 132 Å². The largest absolute Gasteiger partial charge is 0.392 e. The Hall–Kier alpha value is -2.99. The van der Waals surface area contributed by atoms with E-state index < -0.39 is 11.5 Å². The Morgan fingerprint density at radius 2 is 2.13 bits per heavy atom. The number of nitrogens with one attached hydrogen (secondary N) is 1. The topological polar surface area (TPSA) is 83.7 Å². The van der Waals surface area contributed by atoms with Gasteiger partial charge in [-0.3, -0.25) is 14.0 Å². The van der Waals surface area contributed by atoms with E-state index in [9.17, 15) is 9.59 Å². The molecule has 116 valence electrons. The maximum Gasteiger partial charge on any atom is 0.270 e. The van der Waals surface area contributed by atoms with Gasteiger partial charge in [-0.25, -0.2) is 4.98 Å². The summed E-state index contributed by atoms with van der Waals surface area (Å²) in [6, 6.07) is 10.4. The van der Waals surface area contributed by atoms with Crippen LogP contribution in [0, 0.1) is 6.92 Å². The van der Waals surface area contributed by atoms with E-state index in [1.54, 1.807) is 36.5 Å². The molecule has 0 aliphatic carbocycles. The molecule has 6 nitrogen and oxygen atoms in total. The number of aryl methyl sites for hydroxylation is 1. The van der Waals surface area contributed by atoms with E-state index >= 15 is 0 Å². The summed E-state index contributed by atoms with van der Waals surface area (Å²) in [6.45, 7) is 1.74. The van der Waals surface area contributed by atoms with Crippen LogP contribution in [0.15, 0.2) is 53.6 Å². The van der Waals surface area contributed by atoms with Crippen molar-refractivity contribution in [3.63, 3.8) is 0 Å². The predicted octanol–water partition coefficient (Wildman–Crippen LogP) is 1.75. The average Bonchev–Trinajstić information content (AvgIpc) is 2.55. The van der Waals surface area contributed by atoms with E-state index in [4.69, 9.17) is 5.11 Å². The molecule has 0 aliphatic rings. The van der Waals surface area contributed by atoms with Gasteiger partial charge in [-0.2, -0.15) is 0 Å². The quantitative estimate of drug-likeness (QED) is 0.772. The summed E-state index contributed by atoms with van der Waals surface area (Å²) >= 11 is 0. The molecule has 1 amide bonds. The highest BCUT2D eigenvalue weighted by Gasteiger charge is 2.13.